The summed E-state index contributed by atoms with van der Waals surface area (Å²) >= 11 is 2.68. The monoisotopic (exact) mass is 447 g/mol. The highest BCUT2D eigenvalue weighted by atomic mass is 32.1. The summed E-state index contributed by atoms with van der Waals surface area (Å²) in [5, 5.41) is 10.1. The Morgan fingerprint density at radius 3 is 2.13 bits per heavy atom. The van der Waals surface area contributed by atoms with E-state index in [0.717, 1.165) is 11.1 Å². The van der Waals surface area contributed by atoms with E-state index >= 15 is 0 Å². The molecule has 31 heavy (non-hydrogen) atoms. The van der Waals surface area contributed by atoms with Crippen molar-refractivity contribution in [2.45, 2.75) is 18.9 Å². The lowest BCUT2D eigenvalue weighted by atomic mass is 9.84. The normalized spacial score (nSPS) is 11.1. The molecule has 2 aromatic heterocycles. The predicted octanol–water partition coefficient (Wildman–Crippen LogP) is 5.08. The van der Waals surface area contributed by atoms with Crippen LogP contribution in [0.15, 0.2) is 83.6 Å². The van der Waals surface area contributed by atoms with Crippen molar-refractivity contribution in [1.29, 1.82) is 0 Å². The van der Waals surface area contributed by atoms with Crippen molar-refractivity contribution in [1.82, 2.24) is 10.3 Å². The Morgan fingerprint density at radius 1 is 0.903 bits per heavy atom. The van der Waals surface area contributed by atoms with Gasteiger partial charge in [-0.2, -0.15) is 0 Å². The number of anilines is 1. The Hall–Kier alpha value is -3.29. The summed E-state index contributed by atoms with van der Waals surface area (Å²) in [5.74, 6) is -0.335. The number of hydrogen-bond donors (Lipinski definition) is 2. The first-order valence-electron chi connectivity index (χ1n) is 9.76. The van der Waals surface area contributed by atoms with Gasteiger partial charge in [0.25, 0.3) is 5.91 Å². The SMILES string of the molecule is CC(NC(=O)Cc1csc(NC(=O)c2cccs2)n1)(c1ccccc1)c1ccccc1. The maximum atomic E-state index is 13.0. The van der Waals surface area contributed by atoms with E-state index in [2.05, 4.69) is 15.6 Å². The lowest BCUT2D eigenvalue weighted by molar-refractivity contribution is -0.121. The molecule has 0 atom stereocenters. The van der Waals surface area contributed by atoms with Crippen LogP contribution >= 0.6 is 22.7 Å². The second kappa shape index (κ2) is 9.24. The Balaban J connectivity index is 1.48. The van der Waals surface area contributed by atoms with Crippen molar-refractivity contribution >= 4 is 39.6 Å². The van der Waals surface area contributed by atoms with Crippen LogP contribution in [-0.4, -0.2) is 16.8 Å². The zero-order chi connectivity index (χ0) is 21.7. The number of carbonyl (C=O) groups excluding carboxylic acids is 2. The van der Waals surface area contributed by atoms with Crippen LogP contribution in [0.4, 0.5) is 5.13 Å². The van der Waals surface area contributed by atoms with Crippen LogP contribution in [0.25, 0.3) is 0 Å². The van der Waals surface area contributed by atoms with Crippen molar-refractivity contribution in [3.63, 3.8) is 0 Å². The molecule has 2 aromatic carbocycles. The van der Waals surface area contributed by atoms with Crippen LogP contribution < -0.4 is 10.6 Å². The summed E-state index contributed by atoms with van der Waals surface area (Å²) in [4.78, 5) is 30.2. The topological polar surface area (TPSA) is 71.1 Å². The van der Waals surface area contributed by atoms with Gasteiger partial charge in [-0.1, -0.05) is 66.7 Å². The zero-order valence-electron chi connectivity index (χ0n) is 16.9. The minimum Gasteiger partial charge on any atom is -0.342 e. The average Bonchev–Trinajstić information content (AvgIpc) is 3.47. The molecule has 0 aliphatic carbocycles. The van der Waals surface area contributed by atoms with Gasteiger partial charge in [-0.15, -0.1) is 22.7 Å². The maximum Gasteiger partial charge on any atom is 0.267 e. The van der Waals surface area contributed by atoms with E-state index in [1.165, 1.54) is 22.7 Å². The Bertz CT molecular complexity index is 1120. The number of aromatic nitrogens is 1. The number of amides is 2. The van der Waals surface area contributed by atoms with Gasteiger partial charge in [0.05, 0.1) is 22.5 Å². The van der Waals surface area contributed by atoms with Gasteiger partial charge in [0.1, 0.15) is 0 Å². The molecule has 0 spiro atoms. The smallest absolute Gasteiger partial charge is 0.267 e. The highest BCUT2D eigenvalue weighted by Crippen LogP contribution is 2.29. The van der Waals surface area contributed by atoms with Gasteiger partial charge < -0.3 is 5.32 Å². The van der Waals surface area contributed by atoms with Gasteiger partial charge in [0.2, 0.25) is 5.91 Å². The molecule has 2 amide bonds. The third kappa shape index (κ3) is 4.90. The van der Waals surface area contributed by atoms with Crippen LogP contribution in [0.3, 0.4) is 0 Å². The number of nitrogens with one attached hydrogen (secondary N) is 2. The maximum absolute atomic E-state index is 13.0. The molecule has 0 saturated heterocycles. The van der Waals surface area contributed by atoms with Crippen molar-refractivity contribution in [2.24, 2.45) is 0 Å². The summed E-state index contributed by atoms with van der Waals surface area (Å²) in [6.45, 7) is 2.00. The first kappa shape index (κ1) is 21.0. The first-order chi connectivity index (χ1) is 15.0. The summed E-state index contributed by atoms with van der Waals surface area (Å²) in [6.07, 6.45) is 0.126. The third-order valence-electron chi connectivity index (χ3n) is 4.95. The molecule has 2 heterocycles. The Morgan fingerprint density at radius 2 is 1.55 bits per heavy atom. The lowest BCUT2D eigenvalue weighted by Crippen LogP contribution is -2.45. The molecule has 0 bridgehead atoms. The fourth-order valence-corrected chi connectivity index (χ4v) is 4.68. The van der Waals surface area contributed by atoms with E-state index in [9.17, 15) is 9.59 Å². The first-order valence-corrected chi connectivity index (χ1v) is 11.5. The molecule has 7 heteroatoms. The number of thiophene rings is 1. The lowest BCUT2D eigenvalue weighted by Gasteiger charge is -2.32. The number of nitrogens with zero attached hydrogens (tertiary/aromatic N) is 1. The number of rotatable bonds is 7. The van der Waals surface area contributed by atoms with E-state index < -0.39 is 5.54 Å². The van der Waals surface area contributed by atoms with Gasteiger partial charge in [-0.3, -0.25) is 14.9 Å². The minimum atomic E-state index is -0.675. The van der Waals surface area contributed by atoms with Crippen LogP contribution in [0.1, 0.15) is 33.4 Å². The van der Waals surface area contributed by atoms with Crippen LogP contribution in [0.2, 0.25) is 0 Å². The summed E-state index contributed by atoms with van der Waals surface area (Å²) in [5.41, 5.74) is 1.94. The van der Waals surface area contributed by atoms with Gasteiger partial charge in [-0.25, -0.2) is 4.98 Å². The summed E-state index contributed by atoms with van der Waals surface area (Å²) < 4.78 is 0. The number of carbonyl (C=O) groups is 2. The van der Waals surface area contributed by atoms with E-state index in [1.54, 1.807) is 11.4 Å². The molecular formula is C24H21N3O2S2. The zero-order valence-corrected chi connectivity index (χ0v) is 18.5. The molecule has 5 nitrogen and oxygen atoms in total. The number of thiazole rings is 1. The van der Waals surface area contributed by atoms with Crippen molar-refractivity contribution in [2.75, 3.05) is 5.32 Å². The molecule has 2 N–H and O–H groups in total. The average molecular weight is 448 g/mol. The molecule has 0 aliphatic rings. The van der Waals surface area contributed by atoms with Gasteiger partial charge in [-0.05, 0) is 29.5 Å². The van der Waals surface area contributed by atoms with Crippen molar-refractivity contribution in [3.8, 4) is 0 Å². The molecule has 0 aliphatic heterocycles. The van der Waals surface area contributed by atoms with E-state index in [4.69, 9.17) is 0 Å². The summed E-state index contributed by atoms with van der Waals surface area (Å²) in [7, 11) is 0. The fraction of sp³-hybridized carbons (Fsp3) is 0.125. The molecule has 0 radical (unpaired) electrons. The number of benzene rings is 2. The van der Waals surface area contributed by atoms with E-state index in [-0.39, 0.29) is 18.2 Å². The van der Waals surface area contributed by atoms with E-state index in [0.29, 0.717) is 15.7 Å². The quantitative estimate of drug-likeness (QED) is 0.415. The van der Waals surface area contributed by atoms with E-state index in [1.807, 2.05) is 79.0 Å². The second-order valence-corrected chi connectivity index (χ2v) is 8.96. The predicted molar refractivity (Wildman–Crippen MR) is 126 cm³/mol. The van der Waals surface area contributed by atoms with Crippen LogP contribution in [-0.2, 0) is 16.8 Å². The molecule has 156 valence electrons. The molecule has 0 fully saturated rings. The minimum absolute atomic E-state index is 0.126. The van der Waals surface area contributed by atoms with Gasteiger partial charge >= 0.3 is 0 Å². The Kier molecular flexibility index (Phi) is 6.25. The molecular weight excluding hydrogens is 426 g/mol. The molecule has 4 rings (SSSR count). The fourth-order valence-electron chi connectivity index (χ4n) is 3.35. The molecule has 4 aromatic rings. The van der Waals surface area contributed by atoms with Crippen LogP contribution in [0, 0.1) is 0 Å². The largest absolute Gasteiger partial charge is 0.342 e. The molecule has 0 unspecified atom stereocenters. The van der Waals surface area contributed by atoms with Gasteiger partial charge in [0.15, 0.2) is 5.13 Å². The highest BCUT2D eigenvalue weighted by Gasteiger charge is 2.30. The third-order valence-corrected chi connectivity index (χ3v) is 6.63. The van der Waals surface area contributed by atoms with Crippen LogP contribution in [0.5, 0.6) is 0 Å². The Labute approximate surface area is 188 Å². The standard InChI is InChI=1S/C24H21N3O2S2/c1-24(17-9-4-2-5-10-17,18-11-6-3-7-12-18)27-21(28)15-19-16-31-23(25-19)26-22(29)20-13-8-14-30-20/h2-14,16H,15H2,1H3,(H,27,28)(H,25,26,29). The number of hydrogen-bond acceptors (Lipinski definition) is 5. The summed E-state index contributed by atoms with van der Waals surface area (Å²) in [6, 6.07) is 23.4. The van der Waals surface area contributed by atoms with Crippen molar-refractivity contribution < 1.29 is 9.59 Å². The highest BCUT2D eigenvalue weighted by molar-refractivity contribution is 7.14. The van der Waals surface area contributed by atoms with Crippen molar-refractivity contribution in [3.05, 3.63) is 105 Å². The van der Waals surface area contributed by atoms with Gasteiger partial charge in [0, 0.05) is 5.38 Å². The molecule has 0 saturated carbocycles. The second-order valence-electron chi connectivity index (χ2n) is 7.16.